The molecule has 0 spiro atoms. The van der Waals surface area contributed by atoms with Crippen LogP contribution < -0.4 is 5.32 Å². The molecular formula is C13H27NO2. The Labute approximate surface area is 99.6 Å². The molecule has 0 aromatic carbocycles. The van der Waals surface area contributed by atoms with Gasteiger partial charge in [0, 0.05) is 24.6 Å². The van der Waals surface area contributed by atoms with E-state index in [4.69, 9.17) is 4.74 Å². The Bertz CT molecular complexity index is 216. The molecule has 1 saturated carbocycles. The van der Waals surface area contributed by atoms with E-state index in [1.54, 1.807) is 0 Å². The van der Waals surface area contributed by atoms with Gasteiger partial charge in [-0.25, -0.2) is 0 Å². The number of aliphatic hydroxyl groups is 1. The lowest BCUT2D eigenvalue weighted by atomic mass is 9.64. The van der Waals surface area contributed by atoms with E-state index in [1.807, 2.05) is 20.8 Å². The SMILES string of the molecule is CCOC1CC(NCC(O)C(C)C)C1(C)C. The topological polar surface area (TPSA) is 41.5 Å². The number of nitrogens with one attached hydrogen (secondary N) is 1. The Kier molecular flexibility index (Phi) is 4.77. The molecule has 0 aliphatic heterocycles. The van der Waals surface area contributed by atoms with Crippen molar-refractivity contribution in [3.8, 4) is 0 Å². The first kappa shape index (κ1) is 13.9. The Balaban J connectivity index is 2.31. The van der Waals surface area contributed by atoms with Crippen molar-refractivity contribution in [3.63, 3.8) is 0 Å². The Hall–Kier alpha value is -0.120. The third-order valence-electron chi connectivity index (χ3n) is 3.89. The Morgan fingerprint density at radius 3 is 2.50 bits per heavy atom. The molecule has 3 heteroatoms. The molecule has 0 amide bonds. The van der Waals surface area contributed by atoms with Crippen molar-refractivity contribution < 1.29 is 9.84 Å². The molecule has 3 nitrogen and oxygen atoms in total. The molecule has 96 valence electrons. The molecule has 2 N–H and O–H groups in total. The molecule has 1 rings (SSSR count). The summed E-state index contributed by atoms with van der Waals surface area (Å²) < 4.78 is 5.68. The van der Waals surface area contributed by atoms with Crippen molar-refractivity contribution in [2.45, 2.75) is 59.3 Å². The molecule has 0 heterocycles. The summed E-state index contributed by atoms with van der Waals surface area (Å²) in [7, 11) is 0. The van der Waals surface area contributed by atoms with E-state index in [2.05, 4.69) is 19.2 Å². The van der Waals surface area contributed by atoms with Gasteiger partial charge in [-0.2, -0.15) is 0 Å². The predicted molar refractivity (Wildman–Crippen MR) is 66.4 cm³/mol. The van der Waals surface area contributed by atoms with E-state index >= 15 is 0 Å². The van der Waals surface area contributed by atoms with Crippen LogP contribution in [0.25, 0.3) is 0 Å². The zero-order valence-corrected chi connectivity index (χ0v) is 11.3. The summed E-state index contributed by atoms with van der Waals surface area (Å²) in [5.74, 6) is 0.318. The van der Waals surface area contributed by atoms with Crippen LogP contribution in [0.15, 0.2) is 0 Å². The van der Waals surface area contributed by atoms with Gasteiger partial charge in [-0.1, -0.05) is 27.7 Å². The van der Waals surface area contributed by atoms with Crippen LogP contribution in [0.2, 0.25) is 0 Å². The highest BCUT2D eigenvalue weighted by molar-refractivity contribution is 5.02. The molecule has 0 aromatic heterocycles. The third-order valence-corrected chi connectivity index (χ3v) is 3.89. The highest BCUT2D eigenvalue weighted by atomic mass is 16.5. The quantitative estimate of drug-likeness (QED) is 0.729. The highest BCUT2D eigenvalue weighted by Crippen LogP contribution is 2.42. The molecule has 3 unspecified atom stereocenters. The molecule has 1 fully saturated rings. The first-order valence-corrected chi connectivity index (χ1v) is 6.42. The minimum atomic E-state index is -0.248. The summed E-state index contributed by atoms with van der Waals surface area (Å²) in [5.41, 5.74) is 0.187. The molecule has 0 saturated heterocycles. The fourth-order valence-corrected chi connectivity index (χ4v) is 2.21. The number of hydrogen-bond donors (Lipinski definition) is 2. The second kappa shape index (κ2) is 5.48. The van der Waals surface area contributed by atoms with Gasteiger partial charge in [0.1, 0.15) is 0 Å². The monoisotopic (exact) mass is 229 g/mol. The minimum absolute atomic E-state index is 0.187. The summed E-state index contributed by atoms with van der Waals surface area (Å²) in [5, 5.41) is 13.2. The Morgan fingerprint density at radius 1 is 1.44 bits per heavy atom. The first-order chi connectivity index (χ1) is 7.39. The minimum Gasteiger partial charge on any atom is -0.392 e. The van der Waals surface area contributed by atoms with Gasteiger partial charge >= 0.3 is 0 Å². The lowest BCUT2D eigenvalue weighted by molar-refractivity contribution is -0.115. The molecule has 0 bridgehead atoms. The van der Waals surface area contributed by atoms with Crippen molar-refractivity contribution in [3.05, 3.63) is 0 Å². The van der Waals surface area contributed by atoms with E-state index < -0.39 is 0 Å². The van der Waals surface area contributed by atoms with Gasteiger partial charge < -0.3 is 15.2 Å². The lowest BCUT2D eigenvalue weighted by Gasteiger charge is -2.52. The number of rotatable bonds is 6. The van der Waals surface area contributed by atoms with Crippen LogP contribution in [0, 0.1) is 11.3 Å². The van der Waals surface area contributed by atoms with Crippen molar-refractivity contribution in [1.29, 1.82) is 0 Å². The summed E-state index contributed by atoms with van der Waals surface area (Å²) in [4.78, 5) is 0. The van der Waals surface area contributed by atoms with Crippen molar-refractivity contribution in [1.82, 2.24) is 5.32 Å². The second-order valence-corrected chi connectivity index (χ2v) is 5.77. The van der Waals surface area contributed by atoms with E-state index in [0.29, 0.717) is 24.6 Å². The zero-order valence-electron chi connectivity index (χ0n) is 11.3. The van der Waals surface area contributed by atoms with Gasteiger partial charge in [-0.05, 0) is 19.3 Å². The van der Waals surface area contributed by atoms with Gasteiger partial charge in [0.2, 0.25) is 0 Å². The molecule has 3 atom stereocenters. The van der Waals surface area contributed by atoms with E-state index in [0.717, 1.165) is 13.0 Å². The predicted octanol–water partition coefficient (Wildman–Crippen LogP) is 1.80. The molecule has 1 aliphatic rings. The average molecular weight is 229 g/mol. The maximum atomic E-state index is 9.74. The van der Waals surface area contributed by atoms with Crippen LogP contribution in [0.4, 0.5) is 0 Å². The number of hydrogen-bond acceptors (Lipinski definition) is 3. The molecule has 0 aromatic rings. The van der Waals surface area contributed by atoms with Crippen molar-refractivity contribution in [2.24, 2.45) is 11.3 Å². The zero-order chi connectivity index (χ0) is 12.3. The molecule has 16 heavy (non-hydrogen) atoms. The average Bonchev–Trinajstić information content (AvgIpc) is 2.21. The van der Waals surface area contributed by atoms with Crippen molar-refractivity contribution >= 4 is 0 Å². The van der Waals surface area contributed by atoms with E-state index in [1.165, 1.54) is 0 Å². The van der Waals surface area contributed by atoms with E-state index in [9.17, 15) is 5.11 Å². The highest BCUT2D eigenvalue weighted by Gasteiger charge is 2.48. The Morgan fingerprint density at radius 2 is 2.06 bits per heavy atom. The molecule has 1 aliphatic carbocycles. The first-order valence-electron chi connectivity index (χ1n) is 6.42. The van der Waals surface area contributed by atoms with Gasteiger partial charge in [0.25, 0.3) is 0 Å². The summed E-state index contributed by atoms with van der Waals surface area (Å²) >= 11 is 0. The van der Waals surface area contributed by atoms with Gasteiger partial charge in [0.15, 0.2) is 0 Å². The smallest absolute Gasteiger partial charge is 0.0687 e. The van der Waals surface area contributed by atoms with Crippen LogP contribution in [0.3, 0.4) is 0 Å². The van der Waals surface area contributed by atoms with Crippen LogP contribution in [-0.4, -0.2) is 36.5 Å². The maximum absolute atomic E-state index is 9.74. The maximum Gasteiger partial charge on any atom is 0.0687 e. The van der Waals surface area contributed by atoms with Crippen LogP contribution in [-0.2, 0) is 4.74 Å². The van der Waals surface area contributed by atoms with Crippen molar-refractivity contribution in [2.75, 3.05) is 13.2 Å². The fraction of sp³-hybridized carbons (Fsp3) is 1.00. The second-order valence-electron chi connectivity index (χ2n) is 5.77. The number of aliphatic hydroxyl groups excluding tert-OH is 1. The standard InChI is InChI=1S/C13H27NO2/c1-6-16-12-7-11(13(12,4)5)14-8-10(15)9(2)3/h9-12,14-15H,6-8H2,1-5H3. The summed E-state index contributed by atoms with van der Waals surface area (Å²) in [6.07, 6.45) is 1.18. The van der Waals surface area contributed by atoms with Gasteiger partial charge in [0.05, 0.1) is 12.2 Å². The molecule has 0 radical (unpaired) electrons. The van der Waals surface area contributed by atoms with Crippen LogP contribution in [0.1, 0.15) is 41.0 Å². The van der Waals surface area contributed by atoms with Gasteiger partial charge in [-0.15, -0.1) is 0 Å². The fourth-order valence-electron chi connectivity index (χ4n) is 2.21. The molecular weight excluding hydrogens is 202 g/mol. The van der Waals surface area contributed by atoms with E-state index in [-0.39, 0.29) is 11.5 Å². The summed E-state index contributed by atoms with van der Waals surface area (Å²) in [6, 6.07) is 0.470. The normalized spacial score (nSPS) is 30.2. The summed E-state index contributed by atoms with van der Waals surface area (Å²) in [6.45, 7) is 12.1. The van der Waals surface area contributed by atoms with Crippen LogP contribution in [0.5, 0.6) is 0 Å². The van der Waals surface area contributed by atoms with Crippen LogP contribution >= 0.6 is 0 Å². The number of ether oxygens (including phenoxy) is 1. The lowest BCUT2D eigenvalue weighted by Crippen LogP contribution is -2.61. The van der Waals surface area contributed by atoms with Gasteiger partial charge in [-0.3, -0.25) is 0 Å². The third kappa shape index (κ3) is 2.96. The largest absolute Gasteiger partial charge is 0.392 e.